The zero-order chi connectivity index (χ0) is 16.1. The topological polar surface area (TPSA) is 94.3 Å². The lowest BCUT2D eigenvalue weighted by molar-refractivity contribution is 0.0883. The van der Waals surface area contributed by atoms with Crippen LogP contribution < -0.4 is 15.7 Å². The summed E-state index contributed by atoms with van der Waals surface area (Å²) < 4.78 is 10.4. The van der Waals surface area contributed by atoms with E-state index >= 15 is 0 Å². The molecule has 1 saturated carbocycles. The molecule has 0 spiro atoms. The van der Waals surface area contributed by atoms with E-state index in [1.54, 1.807) is 18.5 Å². The van der Waals surface area contributed by atoms with Crippen molar-refractivity contribution in [2.75, 3.05) is 0 Å². The summed E-state index contributed by atoms with van der Waals surface area (Å²) in [6, 6.07) is 4.91. The van der Waals surface area contributed by atoms with Crippen LogP contribution >= 0.6 is 0 Å². The van der Waals surface area contributed by atoms with Crippen molar-refractivity contribution in [2.45, 2.75) is 37.8 Å². The molecule has 1 aliphatic carbocycles. The second-order valence-corrected chi connectivity index (χ2v) is 5.44. The maximum absolute atomic E-state index is 12.1. The first-order valence-electron chi connectivity index (χ1n) is 7.54. The molecule has 1 N–H and O–H groups in total. The molecular weight excluding hydrogens is 298 g/mol. The molecule has 0 bridgehead atoms. The van der Waals surface area contributed by atoms with Crippen LogP contribution in [-0.2, 0) is 0 Å². The predicted molar refractivity (Wildman–Crippen MR) is 81.1 cm³/mol. The summed E-state index contributed by atoms with van der Waals surface area (Å²) >= 11 is 0. The Morgan fingerprint density at radius 1 is 1.17 bits per heavy atom. The Kier molecular flexibility index (Phi) is 4.65. The average molecular weight is 315 g/mol. The number of carbonyl (C=O) groups excluding carboxylic acids is 1. The molecule has 120 valence electrons. The third-order valence-corrected chi connectivity index (χ3v) is 3.79. The van der Waals surface area contributed by atoms with Crippen molar-refractivity contribution in [2.24, 2.45) is 0 Å². The monoisotopic (exact) mass is 315 g/mol. The third-order valence-electron chi connectivity index (χ3n) is 3.79. The fourth-order valence-corrected chi connectivity index (χ4v) is 2.58. The van der Waals surface area contributed by atoms with E-state index < -0.39 is 5.63 Å². The highest BCUT2D eigenvalue weighted by Crippen LogP contribution is 2.22. The first-order valence-corrected chi connectivity index (χ1v) is 7.54. The van der Waals surface area contributed by atoms with Crippen molar-refractivity contribution in [3.8, 4) is 6.01 Å². The maximum atomic E-state index is 12.1. The van der Waals surface area contributed by atoms with Crippen molar-refractivity contribution in [3.05, 3.63) is 52.8 Å². The van der Waals surface area contributed by atoms with Crippen molar-refractivity contribution in [1.29, 1.82) is 0 Å². The van der Waals surface area contributed by atoms with Gasteiger partial charge in [-0.05, 0) is 37.8 Å². The number of rotatable bonds is 4. The van der Waals surface area contributed by atoms with Gasteiger partial charge in [-0.3, -0.25) is 4.79 Å². The van der Waals surface area contributed by atoms with Gasteiger partial charge in [0.15, 0.2) is 0 Å². The molecule has 0 saturated heterocycles. The smallest absolute Gasteiger partial charge is 0.335 e. The van der Waals surface area contributed by atoms with Crippen LogP contribution in [-0.4, -0.2) is 28.0 Å². The van der Waals surface area contributed by atoms with E-state index in [1.807, 2.05) is 0 Å². The van der Waals surface area contributed by atoms with E-state index in [1.165, 1.54) is 18.4 Å². The summed E-state index contributed by atoms with van der Waals surface area (Å²) in [6.07, 6.45) is 7.83. The highest BCUT2D eigenvalue weighted by molar-refractivity contribution is 5.93. The SMILES string of the molecule is O=C(NC1CCC(Oc2ncccn2)CC1)c1ccc(=O)oc1. The van der Waals surface area contributed by atoms with Gasteiger partial charge < -0.3 is 14.5 Å². The number of aromatic nitrogens is 2. The Morgan fingerprint density at radius 2 is 1.91 bits per heavy atom. The molecular formula is C16H17N3O4. The number of nitrogens with one attached hydrogen (secondary N) is 1. The lowest BCUT2D eigenvalue weighted by Crippen LogP contribution is -2.39. The van der Waals surface area contributed by atoms with Crippen LogP contribution in [0.2, 0.25) is 0 Å². The van der Waals surface area contributed by atoms with Gasteiger partial charge in [0.2, 0.25) is 0 Å². The van der Waals surface area contributed by atoms with Crippen LogP contribution in [0.5, 0.6) is 6.01 Å². The lowest BCUT2D eigenvalue weighted by atomic mass is 9.93. The summed E-state index contributed by atoms with van der Waals surface area (Å²) in [6.45, 7) is 0. The minimum Gasteiger partial charge on any atom is -0.460 e. The minimum atomic E-state index is -0.470. The molecule has 1 aliphatic rings. The second-order valence-electron chi connectivity index (χ2n) is 5.44. The van der Waals surface area contributed by atoms with E-state index in [9.17, 15) is 9.59 Å². The largest absolute Gasteiger partial charge is 0.460 e. The van der Waals surface area contributed by atoms with Gasteiger partial charge in [0.25, 0.3) is 5.91 Å². The van der Waals surface area contributed by atoms with E-state index in [2.05, 4.69) is 15.3 Å². The number of amides is 1. The first kappa shape index (κ1) is 15.2. The molecule has 1 amide bonds. The zero-order valence-electron chi connectivity index (χ0n) is 12.5. The summed E-state index contributed by atoms with van der Waals surface area (Å²) in [5.74, 6) is -0.232. The fourth-order valence-electron chi connectivity index (χ4n) is 2.58. The maximum Gasteiger partial charge on any atom is 0.335 e. The van der Waals surface area contributed by atoms with Gasteiger partial charge >= 0.3 is 11.6 Å². The molecule has 0 radical (unpaired) electrons. The van der Waals surface area contributed by atoms with E-state index in [-0.39, 0.29) is 18.1 Å². The van der Waals surface area contributed by atoms with E-state index in [4.69, 9.17) is 9.15 Å². The van der Waals surface area contributed by atoms with Crippen molar-refractivity contribution >= 4 is 5.91 Å². The van der Waals surface area contributed by atoms with Crippen LogP contribution in [0.1, 0.15) is 36.0 Å². The second kappa shape index (κ2) is 7.04. The highest BCUT2D eigenvalue weighted by atomic mass is 16.5. The fraction of sp³-hybridized carbons (Fsp3) is 0.375. The first-order chi connectivity index (χ1) is 11.2. The molecule has 0 atom stereocenters. The Bertz CT molecular complexity index is 688. The standard InChI is InChI=1S/C16H17N3O4/c20-14-7-2-11(10-22-14)15(21)19-12-3-5-13(6-4-12)23-16-17-8-1-9-18-16/h1-2,7-10,12-13H,3-6H2,(H,19,21). The Morgan fingerprint density at radius 3 is 2.57 bits per heavy atom. The zero-order valence-corrected chi connectivity index (χ0v) is 12.5. The molecule has 0 aromatic carbocycles. The van der Waals surface area contributed by atoms with Gasteiger partial charge in [0.05, 0.1) is 5.56 Å². The lowest BCUT2D eigenvalue weighted by Gasteiger charge is -2.28. The van der Waals surface area contributed by atoms with Gasteiger partial charge in [0.1, 0.15) is 12.4 Å². The molecule has 2 aromatic rings. The van der Waals surface area contributed by atoms with Gasteiger partial charge in [-0.1, -0.05) is 0 Å². The quantitative estimate of drug-likeness (QED) is 0.920. The molecule has 1 fully saturated rings. The number of carbonyl (C=O) groups is 1. The summed E-state index contributed by atoms with van der Waals surface area (Å²) in [5, 5.41) is 2.95. The van der Waals surface area contributed by atoms with Crippen molar-refractivity contribution < 1.29 is 13.9 Å². The normalized spacial score (nSPS) is 20.7. The number of nitrogens with zero attached hydrogens (tertiary/aromatic N) is 2. The molecule has 7 nitrogen and oxygen atoms in total. The van der Waals surface area contributed by atoms with Crippen LogP contribution in [0, 0.1) is 0 Å². The Balaban J connectivity index is 1.48. The third kappa shape index (κ3) is 4.15. The number of hydrogen-bond donors (Lipinski definition) is 1. The molecule has 0 aliphatic heterocycles. The molecule has 7 heteroatoms. The van der Waals surface area contributed by atoms with E-state index in [0.717, 1.165) is 25.7 Å². The van der Waals surface area contributed by atoms with Crippen LogP contribution in [0.4, 0.5) is 0 Å². The highest BCUT2D eigenvalue weighted by Gasteiger charge is 2.24. The number of hydrogen-bond acceptors (Lipinski definition) is 6. The predicted octanol–water partition coefficient (Wildman–Crippen LogP) is 1.55. The van der Waals surface area contributed by atoms with Crippen molar-refractivity contribution in [3.63, 3.8) is 0 Å². The summed E-state index contributed by atoms with van der Waals surface area (Å²) in [4.78, 5) is 31.1. The van der Waals surface area contributed by atoms with Gasteiger partial charge in [-0.15, -0.1) is 0 Å². The molecule has 0 unspecified atom stereocenters. The van der Waals surface area contributed by atoms with Crippen LogP contribution in [0.15, 0.2) is 46.1 Å². The van der Waals surface area contributed by atoms with Crippen LogP contribution in [0.25, 0.3) is 0 Å². The molecule has 23 heavy (non-hydrogen) atoms. The summed E-state index contributed by atoms with van der Waals surface area (Å²) in [5.41, 5.74) is -0.122. The van der Waals surface area contributed by atoms with Gasteiger partial charge in [-0.2, -0.15) is 0 Å². The molecule has 2 heterocycles. The minimum absolute atomic E-state index is 0.0697. The molecule has 2 aromatic heterocycles. The van der Waals surface area contributed by atoms with E-state index in [0.29, 0.717) is 11.6 Å². The average Bonchev–Trinajstić information content (AvgIpc) is 2.58. The number of ether oxygens (including phenoxy) is 1. The van der Waals surface area contributed by atoms with Gasteiger partial charge in [-0.25, -0.2) is 14.8 Å². The summed E-state index contributed by atoms with van der Waals surface area (Å²) in [7, 11) is 0. The Labute approximate surface area is 132 Å². The van der Waals surface area contributed by atoms with Gasteiger partial charge in [0, 0.05) is 24.5 Å². The Hall–Kier alpha value is -2.70. The molecule has 3 rings (SSSR count). The van der Waals surface area contributed by atoms with Crippen LogP contribution in [0.3, 0.4) is 0 Å². The van der Waals surface area contributed by atoms with Crippen molar-refractivity contribution in [1.82, 2.24) is 15.3 Å².